The van der Waals surface area contributed by atoms with Crippen LogP contribution in [0.1, 0.15) is 9.78 Å². The lowest BCUT2D eigenvalue weighted by Crippen LogP contribution is -2.49. The predicted octanol–water partition coefficient (Wildman–Crippen LogP) is -4.56. The molecule has 6 amide bonds. The molecular weight excluding hydrogens is 1080 g/mol. The first-order valence-corrected chi connectivity index (χ1v) is 24.6. The fourth-order valence-electron chi connectivity index (χ4n) is 7.17. The van der Waals surface area contributed by atoms with Gasteiger partial charge in [0.25, 0.3) is 0 Å². The van der Waals surface area contributed by atoms with Crippen LogP contribution in [0, 0.1) is 0 Å². The van der Waals surface area contributed by atoms with Crippen molar-refractivity contribution in [2.75, 3.05) is 135 Å². The number of nitrogens with zero attached hydrogens (tertiary/aromatic N) is 15. The van der Waals surface area contributed by atoms with Crippen LogP contribution in [0.2, 0.25) is 1.41 Å². The number of anilines is 3. The summed E-state index contributed by atoms with van der Waals surface area (Å²) in [5.41, 5.74) is 28.5. The Labute approximate surface area is 463 Å². The summed E-state index contributed by atoms with van der Waals surface area (Å²) < 4.78 is 53.6. The fraction of sp³-hybridized carbons (Fsp3) is 0.500. The molecule has 6 aromatic rings. The highest BCUT2D eigenvalue weighted by Gasteiger charge is 2.24. The van der Waals surface area contributed by atoms with Crippen LogP contribution in [0.4, 0.5) is 31.1 Å². The molecule has 6 aromatic heterocycles. The van der Waals surface area contributed by atoms with Gasteiger partial charge in [0.1, 0.15) is 62.4 Å². The summed E-state index contributed by atoms with van der Waals surface area (Å²) in [5.74, 6) is -3.22. The highest BCUT2D eigenvalue weighted by Crippen LogP contribution is 2.17. The molecule has 0 bridgehead atoms. The van der Waals surface area contributed by atoms with Crippen molar-refractivity contribution in [1.82, 2.24) is 94.7 Å². The van der Waals surface area contributed by atoms with E-state index in [1.165, 1.54) is 78.8 Å². The Balaban J connectivity index is 0.00000110. The first-order valence-electron chi connectivity index (χ1n) is 25.1. The third kappa shape index (κ3) is 21.0. The quantitative estimate of drug-likeness (QED) is 0.0136. The maximum absolute atomic E-state index is 13.8. The average molecular weight is 1150 g/mol. The lowest BCUT2D eigenvalue weighted by molar-refractivity contribution is -0.137. The van der Waals surface area contributed by atoms with Crippen molar-refractivity contribution in [3.8, 4) is 0 Å². The van der Waals surface area contributed by atoms with E-state index in [0.717, 1.165) is 0 Å². The maximum atomic E-state index is 13.8. The number of imidazole rings is 3. The molecular formula is C44H69F3N24O10. The van der Waals surface area contributed by atoms with Crippen molar-refractivity contribution in [3.05, 3.63) is 38.0 Å². The van der Waals surface area contributed by atoms with Crippen LogP contribution in [0.3, 0.4) is 0 Å². The number of aromatic nitrogens is 12. The van der Waals surface area contributed by atoms with E-state index >= 15 is 0 Å². The van der Waals surface area contributed by atoms with Crippen LogP contribution in [0.5, 0.6) is 0 Å². The summed E-state index contributed by atoms with van der Waals surface area (Å²) >= 11 is 0. The molecule has 0 spiro atoms. The second-order valence-electron chi connectivity index (χ2n) is 16.8. The zero-order valence-electron chi connectivity index (χ0n) is 45.0. The number of nitrogens with two attached hydrogens (primary N) is 5. The second kappa shape index (κ2) is 34.9. The van der Waals surface area contributed by atoms with E-state index in [2.05, 4.69) is 66.5 Å². The Bertz CT molecular complexity index is 3010. The third-order valence-electron chi connectivity index (χ3n) is 11.0. The standard InChI is InChI=1S/C36H46N22O7.C8H19FN2O3.F2.2H2/c1-21(59)9-53(25(63)12-56-18-50-28-31(38)44-15-47-34(28)56)5-3-42-23(61)11-55(27(65)14-58-20-52-30-33(40)46-17-49-36(30)58)7-4-43-24(62)10-54(6-2-41-22(60)8-37)26(64)13-57-19-51-29-32(39)45-16-48-35(29)57;9-11-2-4-13-6-8-14-7-5-12-3-1-10;1-2;;/h15-20H,2-14,37H2,1H3,(H,41,60)(H,42,61)(H,43,62)(H2,38,44,47)(H2,39,45,48)(H2,40,46,49);11H,1-8,10H2;;2*1H/i/hT. The molecule has 0 radical (unpaired) electrons. The lowest BCUT2D eigenvalue weighted by atomic mass is 10.3. The minimum Gasteiger partial charge on any atom is -0.382 e. The van der Waals surface area contributed by atoms with Gasteiger partial charge in [-0.25, -0.2) is 44.9 Å². The van der Waals surface area contributed by atoms with E-state index in [0.29, 0.717) is 63.0 Å². The Morgan fingerprint density at radius 2 is 0.901 bits per heavy atom. The Morgan fingerprint density at radius 1 is 0.543 bits per heavy atom. The minimum atomic E-state index is -0.620. The summed E-state index contributed by atoms with van der Waals surface area (Å²) in [5, 5.41) is 7.92. The largest absolute Gasteiger partial charge is 0.382 e. The molecule has 37 heteroatoms. The number of carbonyl (C=O) groups is 7. The van der Waals surface area contributed by atoms with Gasteiger partial charge in [0.2, 0.25) is 35.4 Å². The summed E-state index contributed by atoms with van der Waals surface area (Å²) in [4.78, 5) is 132. The molecule has 0 atom stereocenters. The number of carbonyl (C=O) groups excluding carboxylic acids is 7. The molecule has 0 aliphatic heterocycles. The van der Waals surface area contributed by atoms with Gasteiger partial charge in [0.05, 0.1) is 84.8 Å². The number of nitrogen functional groups attached to an aromatic ring is 3. The summed E-state index contributed by atoms with van der Waals surface area (Å²) in [6, 6.07) is 0. The molecule has 0 aromatic carbocycles. The number of hydrogen-bond donors (Lipinski definition) is 9. The molecule has 0 saturated carbocycles. The summed E-state index contributed by atoms with van der Waals surface area (Å²) in [7, 11) is 0. The van der Waals surface area contributed by atoms with E-state index in [-0.39, 0.29) is 121 Å². The van der Waals surface area contributed by atoms with Crippen molar-refractivity contribution in [1.29, 1.82) is 0 Å². The fourth-order valence-corrected chi connectivity index (χ4v) is 7.17. The Hall–Kier alpha value is -8.91. The maximum Gasteiger partial charge on any atom is 0.243 e. The number of Topliss-reactive ketones (excluding diaryl/α,β-unsaturated/α-hetero) is 1. The number of amides is 6. The van der Waals surface area contributed by atoms with Gasteiger partial charge in [-0.15, -0.1) is 4.48 Å². The summed E-state index contributed by atoms with van der Waals surface area (Å²) in [6.45, 7) is 1.93. The van der Waals surface area contributed by atoms with Gasteiger partial charge in [-0.2, -0.15) is 5.54 Å². The van der Waals surface area contributed by atoms with E-state index in [9.17, 15) is 38.0 Å². The number of hydrogen-bond acceptors (Lipinski definition) is 25. The van der Waals surface area contributed by atoms with Gasteiger partial charge in [-0.3, -0.25) is 33.6 Å². The smallest absolute Gasteiger partial charge is 0.243 e. The van der Waals surface area contributed by atoms with Crippen molar-refractivity contribution >= 4 is 92.2 Å². The van der Waals surface area contributed by atoms with Crippen molar-refractivity contribution in [3.63, 3.8) is 0 Å². The van der Waals surface area contributed by atoms with Gasteiger partial charge in [-0.05, 0) is 6.92 Å². The van der Waals surface area contributed by atoms with Crippen molar-refractivity contribution < 1.29 is 65.7 Å². The second-order valence-corrected chi connectivity index (χ2v) is 16.8. The third-order valence-corrected chi connectivity index (χ3v) is 11.0. The highest BCUT2D eigenvalue weighted by atomic mass is 20.0. The number of nitrogens with one attached hydrogen (secondary N) is 4. The lowest BCUT2D eigenvalue weighted by Gasteiger charge is -2.25. The van der Waals surface area contributed by atoms with E-state index < -0.39 is 48.5 Å². The van der Waals surface area contributed by atoms with Crippen LogP contribution in [-0.4, -0.2) is 233 Å². The molecule has 0 aliphatic rings. The zero-order chi connectivity index (χ0) is 59.8. The number of fused-ring (bicyclic) bond motifs is 3. The first-order chi connectivity index (χ1) is 39.6. The zero-order valence-corrected chi connectivity index (χ0v) is 44.0. The van der Waals surface area contributed by atoms with Crippen molar-refractivity contribution in [2.45, 2.75) is 26.6 Å². The molecule has 0 unspecified atom stereocenters. The molecule has 34 nitrogen and oxygen atoms in total. The minimum absolute atomic E-state index is 0. The molecule has 81 heavy (non-hydrogen) atoms. The number of ether oxygens (including phenoxy) is 3. The Morgan fingerprint density at radius 3 is 1.26 bits per heavy atom. The van der Waals surface area contributed by atoms with Crippen LogP contribution in [0.15, 0.2) is 38.0 Å². The van der Waals surface area contributed by atoms with Crippen LogP contribution in [0.25, 0.3) is 33.5 Å². The van der Waals surface area contributed by atoms with E-state index in [4.69, 9.17) is 47.7 Å². The normalized spacial score (nSPS) is 11.0. The SMILES string of the molecule is CC(=O)CN(CCNC(=O)CN(CCNC(=O)CN(CCNC(=O)CN)C(=O)Cn1cnc2c(N)ncnc21)C(=O)Cn1cnc2c(N)ncnc21)C(=O)Cn1cnc2c(N)ncnc21.FF.[3H]NCCOCCOCCOCCNF.[HH].[HH]. The molecule has 446 valence electrons. The topological polar surface area (TPSA) is 466 Å². The average Bonchev–Trinajstić information content (AvgIpc) is 3.75. The van der Waals surface area contributed by atoms with Crippen LogP contribution >= 0.6 is 0 Å². The first kappa shape index (κ1) is 62.9. The molecule has 6 heterocycles. The molecule has 0 fully saturated rings. The van der Waals surface area contributed by atoms with Crippen LogP contribution in [-0.2, 0) is 67.4 Å². The number of rotatable bonds is 34. The number of ketones is 1. The molecule has 6 rings (SSSR count). The highest BCUT2D eigenvalue weighted by molar-refractivity contribution is 5.89. The van der Waals surface area contributed by atoms with E-state index in [1.807, 2.05) is 0 Å². The van der Waals surface area contributed by atoms with Crippen molar-refractivity contribution in [2.24, 2.45) is 11.5 Å². The Kier molecular flexibility index (Phi) is 27.1. The van der Waals surface area contributed by atoms with Gasteiger partial charge >= 0.3 is 0 Å². The van der Waals surface area contributed by atoms with Crippen LogP contribution < -0.4 is 50.2 Å². The van der Waals surface area contributed by atoms with Gasteiger partial charge in [0, 0.05) is 64.4 Å². The van der Waals surface area contributed by atoms with Gasteiger partial charge in [0.15, 0.2) is 34.4 Å². The van der Waals surface area contributed by atoms with Gasteiger partial charge < -0.3 is 87.2 Å². The summed E-state index contributed by atoms with van der Waals surface area (Å²) in [6.07, 6.45) is 7.76. The number of halogens is 3. The van der Waals surface area contributed by atoms with E-state index in [1.54, 1.807) is 0 Å². The molecule has 14 N–H and O–H groups in total. The predicted molar refractivity (Wildman–Crippen MR) is 285 cm³/mol. The molecule has 0 saturated heterocycles. The van der Waals surface area contributed by atoms with Gasteiger partial charge in [-0.1, -0.05) is 0 Å². The molecule has 0 aliphatic carbocycles. The monoisotopic (exact) mass is 1150 g/mol.